The minimum Gasteiger partial charge on any atom is -0.465 e. The highest BCUT2D eigenvalue weighted by Gasteiger charge is 2.27. The maximum absolute atomic E-state index is 12.5. The molecular formula is C22H22ClN3O8. The largest absolute Gasteiger partial charge is 0.465 e. The first-order chi connectivity index (χ1) is 16.0. The number of nitrogens with one attached hydrogen (secondary N) is 2. The molecular weight excluding hydrogens is 470 g/mol. The van der Waals surface area contributed by atoms with Crippen molar-refractivity contribution in [2.75, 3.05) is 19.0 Å². The van der Waals surface area contributed by atoms with Gasteiger partial charge < -0.3 is 20.1 Å². The summed E-state index contributed by atoms with van der Waals surface area (Å²) in [4.78, 5) is 59.1. The average molecular weight is 492 g/mol. The van der Waals surface area contributed by atoms with Gasteiger partial charge in [0, 0.05) is 17.3 Å². The summed E-state index contributed by atoms with van der Waals surface area (Å²) in [5, 5.41) is 15.8. The summed E-state index contributed by atoms with van der Waals surface area (Å²) in [7, 11) is 1.23. The summed E-state index contributed by atoms with van der Waals surface area (Å²) in [6.45, 7) is 2.65. The molecule has 0 saturated heterocycles. The van der Waals surface area contributed by atoms with E-state index in [4.69, 9.17) is 16.3 Å². The van der Waals surface area contributed by atoms with Crippen molar-refractivity contribution in [3.8, 4) is 0 Å². The van der Waals surface area contributed by atoms with Crippen LogP contribution in [0.1, 0.15) is 34.6 Å². The molecule has 1 atom stereocenters. The van der Waals surface area contributed by atoms with Gasteiger partial charge in [0.25, 0.3) is 17.5 Å². The number of hydrogen-bond donors (Lipinski definition) is 2. The summed E-state index contributed by atoms with van der Waals surface area (Å²) in [5.74, 6) is -3.29. The zero-order chi connectivity index (χ0) is 25.4. The number of methoxy groups -OCH3 is 1. The number of benzene rings is 2. The molecule has 12 heteroatoms. The third-order valence-electron chi connectivity index (χ3n) is 4.53. The van der Waals surface area contributed by atoms with E-state index in [1.165, 1.54) is 37.4 Å². The molecule has 0 unspecified atom stereocenters. The molecule has 0 aliphatic heterocycles. The standard InChI is InChI=1S/C22H22ClN3O8/c1-12(2)19(25-20(28)13-7-8-16(23)17(10-13)26(31)32)22(30)34-11-18(27)24-15-6-4-5-14(9-15)21(29)33-3/h4-10,12,19H,11H2,1-3H3,(H,24,27)(H,25,28)/t19-/m0/s1. The van der Waals surface area contributed by atoms with Gasteiger partial charge in [0.05, 0.1) is 17.6 Å². The van der Waals surface area contributed by atoms with Crippen LogP contribution in [-0.4, -0.2) is 48.4 Å². The van der Waals surface area contributed by atoms with Crippen LogP contribution in [0.15, 0.2) is 42.5 Å². The molecule has 2 aromatic rings. The molecule has 0 heterocycles. The zero-order valence-electron chi connectivity index (χ0n) is 18.5. The van der Waals surface area contributed by atoms with E-state index in [0.29, 0.717) is 5.69 Å². The van der Waals surface area contributed by atoms with E-state index < -0.39 is 52.9 Å². The van der Waals surface area contributed by atoms with E-state index in [1.54, 1.807) is 19.9 Å². The lowest BCUT2D eigenvalue weighted by molar-refractivity contribution is -0.384. The minimum absolute atomic E-state index is 0.0715. The number of esters is 2. The molecule has 0 radical (unpaired) electrons. The summed E-state index contributed by atoms with van der Waals surface area (Å²) >= 11 is 5.75. The number of nitro groups is 1. The summed E-state index contributed by atoms with van der Waals surface area (Å²) in [6, 6.07) is 8.34. The van der Waals surface area contributed by atoms with E-state index in [-0.39, 0.29) is 16.1 Å². The second-order valence-corrected chi connectivity index (χ2v) is 7.75. The predicted octanol–water partition coefficient (Wildman–Crippen LogP) is 2.97. The molecule has 2 rings (SSSR count). The van der Waals surface area contributed by atoms with Crippen molar-refractivity contribution in [1.29, 1.82) is 0 Å². The second kappa shape index (κ2) is 11.8. The van der Waals surface area contributed by atoms with Gasteiger partial charge >= 0.3 is 11.9 Å². The molecule has 34 heavy (non-hydrogen) atoms. The quantitative estimate of drug-likeness (QED) is 0.308. The molecule has 0 bridgehead atoms. The molecule has 0 aromatic heterocycles. The van der Waals surface area contributed by atoms with Crippen molar-refractivity contribution in [2.24, 2.45) is 5.92 Å². The molecule has 0 aliphatic carbocycles. The minimum atomic E-state index is -1.13. The highest BCUT2D eigenvalue weighted by atomic mass is 35.5. The number of anilines is 1. The van der Waals surface area contributed by atoms with E-state index in [0.717, 1.165) is 6.07 Å². The van der Waals surface area contributed by atoms with Gasteiger partial charge in [0.15, 0.2) is 6.61 Å². The lowest BCUT2D eigenvalue weighted by Gasteiger charge is -2.20. The number of amides is 2. The van der Waals surface area contributed by atoms with E-state index in [2.05, 4.69) is 15.4 Å². The molecule has 2 amide bonds. The third-order valence-corrected chi connectivity index (χ3v) is 4.84. The van der Waals surface area contributed by atoms with Gasteiger partial charge in [-0.2, -0.15) is 0 Å². The molecule has 0 fully saturated rings. The van der Waals surface area contributed by atoms with Crippen LogP contribution in [0.2, 0.25) is 5.02 Å². The second-order valence-electron chi connectivity index (χ2n) is 7.35. The van der Waals surface area contributed by atoms with Gasteiger partial charge in [-0.1, -0.05) is 31.5 Å². The maximum Gasteiger partial charge on any atom is 0.337 e. The van der Waals surface area contributed by atoms with Gasteiger partial charge in [0.1, 0.15) is 11.1 Å². The van der Waals surface area contributed by atoms with Gasteiger partial charge in [0.2, 0.25) is 0 Å². The van der Waals surface area contributed by atoms with Gasteiger partial charge in [-0.3, -0.25) is 19.7 Å². The molecule has 180 valence electrons. The number of carbonyl (C=O) groups is 4. The Morgan fingerprint density at radius 2 is 1.79 bits per heavy atom. The van der Waals surface area contributed by atoms with Crippen LogP contribution in [0.5, 0.6) is 0 Å². The van der Waals surface area contributed by atoms with Crippen LogP contribution in [0.4, 0.5) is 11.4 Å². The van der Waals surface area contributed by atoms with Crippen molar-refractivity contribution >= 4 is 46.7 Å². The lowest BCUT2D eigenvalue weighted by Crippen LogP contribution is -2.46. The Hall–Kier alpha value is -3.99. The predicted molar refractivity (Wildman–Crippen MR) is 122 cm³/mol. The number of hydrogen-bond acceptors (Lipinski definition) is 8. The first-order valence-electron chi connectivity index (χ1n) is 9.93. The Morgan fingerprint density at radius 1 is 1.09 bits per heavy atom. The number of nitro benzene ring substituents is 1. The molecule has 2 N–H and O–H groups in total. The van der Waals surface area contributed by atoms with Crippen molar-refractivity contribution in [2.45, 2.75) is 19.9 Å². The van der Waals surface area contributed by atoms with Crippen molar-refractivity contribution in [3.05, 3.63) is 68.7 Å². The van der Waals surface area contributed by atoms with Gasteiger partial charge in [-0.25, -0.2) is 9.59 Å². The highest BCUT2D eigenvalue weighted by molar-refractivity contribution is 6.32. The first kappa shape index (κ1) is 26.3. The summed E-state index contributed by atoms with van der Waals surface area (Å²) in [5.41, 5.74) is -0.00646. The Labute approximate surface area is 199 Å². The van der Waals surface area contributed by atoms with Crippen LogP contribution in [0.25, 0.3) is 0 Å². The summed E-state index contributed by atoms with van der Waals surface area (Å²) < 4.78 is 9.65. The molecule has 0 spiro atoms. The molecule has 0 aliphatic rings. The first-order valence-corrected chi connectivity index (χ1v) is 10.3. The highest BCUT2D eigenvalue weighted by Crippen LogP contribution is 2.25. The van der Waals surface area contributed by atoms with Crippen LogP contribution in [-0.2, 0) is 19.1 Å². The Morgan fingerprint density at radius 3 is 2.41 bits per heavy atom. The fourth-order valence-electron chi connectivity index (χ4n) is 2.78. The fraction of sp³-hybridized carbons (Fsp3) is 0.273. The van der Waals surface area contributed by atoms with E-state index in [1.807, 2.05) is 0 Å². The SMILES string of the molecule is COC(=O)c1cccc(NC(=O)COC(=O)[C@@H](NC(=O)c2ccc(Cl)c([N+](=O)[O-])c2)C(C)C)c1. The Kier molecular flexibility index (Phi) is 9.08. The number of ether oxygens (including phenoxy) is 2. The lowest BCUT2D eigenvalue weighted by atomic mass is 10.0. The van der Waals surface area contributed by atoms with E-state index >= 15 is 0 Å². The molecule has 0 saturated carbocycles. The topological polar surface area (TPSA) is 154 Å². The Balaban J connectivity index is 2.00. The third kappa shape index (κ3) is 7.01. The molecule has 11 nitrogen and oxygen atoms in total. The average Bonchev–Trinajstić information content (AvgIpc) is 2.80. The van der Waals surface area contributed by atoms with Crippen LogP contribution < -0.4 is 10.6 Å². The number of carbonyl (C=O) groups excluding carboxylic acids is 4. The normalized spacial score (nSPS) is 11.3. The number of halogens is 1. The fourth-order valence-corrected chi connectivity index (χ4v) is 2.97. The van der Waals surface area contributed by atoms with Gasteiger partial charge in [-0.15, -0.1) is 0 Å². The molecule has 2 aromatic carbocycles. The Bertz CT molecular complexity index is 1120. The van der Waals surface area contributed by atoms with Crippen LogP contribution in [0.3, 0.4) is 0 Å². The van der Waals surface area contributed by atoms with Crippen molar-refractivity contribution < 1.29 is 33.6 Å². The zero-order valence-corrected chi connectivity index (χ0v) is 19.3. The van der Waals surface area contributed by atoms with E-state index in [9.17, 15) is 29.3 Å². The van der Waals surface area contributed by atoms with Crippen molar-refractivity contribution in [3.63, 3.8) is 0 Å². The smallest absolute Gasteiger partial charge is 0.337 e. The van der Waals surface area contributed by atoms with Crippen LogP contribution in [0, 0.1) is 16.0 Å². The maximum atomic E-state index is 12.5. The number of nitrogens with zero attached hydrogens (tertiary/aromatic N) is 1. The summed E-state index contributed by atoms with van der Waals surface area (Å²) in [6.07, 6.45) is 0. The van der Waals surface area contributed by atoms with Crippen LogP contribution >= 0.6 is 11.6 Å². The van der Waals surface area contributed by atoms with Crippen molar-refractivity contribution in [1.82, 2.24) is 5.32 Å². The number of rotatable bonds is 9. The monoisotopic (exact) mass is 491 g/mol. The van der Waals surface area contributed by atoms with Gasteiger partial charge in [-0.05, 0) is 36.2 Å².